The summed E-state index contributed by atoms with van der Waals surface area (Å²) in [6, 6.07) is 0. The standard InChI is InChI=1S/C16H23NO3S/c1-5-20-16(19)13-10(3)11(4)21-15(13)17-14(18)12-8-6-7-9(12)2/h9,12H,5-8H2,1-4H3,(H,17,18). The van der Waals surface area contributed by atoms with Crippen molar-refractivity contribution in [3.8, 4) is 0 Å². The molecular formula is C16H23NO3S. The van der Waals surface area contributed by atoms with E-state index in [1.165, 1.54) is 11.3 Å². The molecule has 2 rings (SSSR count). The summed E-state index contributed by atoms with van der Waals surface area (Å²) in [5.41, 5.74) is 1.41. The lowest BCUT2D eigenvalue weighted by Crippen LogP contribution is -2.25. The molecular weight excluding hydrogens is 286 g/mol. The van der Waals surface area contributed by atoms with Gasteiger partial charge in [0.25, 0.3) is 0 Å². The predicted molar refractivity (Wildman–Crippen MR) is 84.9 cm³/mol. The lowest BCUT2D eigenvalue weighted by atomic mass is 9.97. The van der Waals surface area contributed by atoms with Crippen LogP contribution in [0.5, 0.6) is 0 Å². The number of anilines is 1. The molecule has 0 aromatic carbocycles. The van der Waals surface area contributed by atoms with Crippen LogP contribution in [0.25, 0.3) is 0 Å². The summed E-state index contributed by atoms with van der Waals surface area (Å²) in [4.78, 5) is 25.6. The number of carbonyl (C=O) groups excluding carboxylic acids is 2. The van der Waals surface area contributed by atoms with Gasteiger partial charge in [0, 0.05) is 10.8 Å². The van der Waals surface area contributed by atoms with E-state index in [1.807, 2.05) is 13.8 Å². The van der Waals surface area contributed by atoms with Gasteiger partial charge in [-0.15, -0.1) is 11.3 Å². The minimum absolute atomic E-state index is 0.0341. The second-order valence-electron chi connectivity index (χ2n) is 5.71. The molecule has 2 unspecified atom stereocenters. The third-order valence-electron chi connectivity index (χ3n) is 4.30. The van der Waals surface area contributed by atoms with E-state index >= 15 is 0 Å². The number of hydrogen-bond acceptors (Lipinski definition) is 4. The van der Waals surface area contributed by atoms with Gasteiger partial charge in [-0.3, -0.25) is 4.79 Å². The van der Waals surface area contributed by atoms with Crippen molar-refractivity contribution in [1.29, 1.82) is 0 Å². The van der Waals surface area contributed by atoms with Crippen molar-refractivity contribution in [1.82, 2.24) is 0 Å². The topological polar surface area (TPSA) is 55.4 Å². The molecule has 0 aliphatic heterocycles. The Hall–Kier alpha value is -1.36. The molecule has 0 spiro atoms. The molecule has 1 saturated carbocycles. The minimum Gasteiger partial charge on any atom is -0.462 e. The SMILES string of the molecule is CCOC(=O)c1c(NC(=O)C2CCCC2C)sc(C)c1C. The highest BCUT2D eigenvalue weighted by Crippen LogP contribution is 2.36. The second kappa shape index (κ2) is 6.60. The molecule has 4 nitrogen and oxygen atoms in total. The number of esters is 1. The zero-order valence-electron chi connectivity index (χ0n) is 13.1. The molecule has 1 aromatic rings. The Morgan fingerprint density at radius 3 is 2.62 bits per heavy atom. The van der Waals surface area contributed by atoms with E-state index < -0.39 is 0 Å². The molecule has 0 radical (unpaired) electrons. The largest absolute Gasteiger partial charge is 0.462 e. The lowest BCUT2D eigenvalue weighted by Gasteiger charge is -2.15. The van der Waals surface area contributed by atoms with E-state index in [0.717, 1.165) is 29.7 Å². The zero-order valence-corrected chi connectivity index (χ0v) is 13.9. The number of carbonyl (C=O) groups is 2. The fourth-order valence-electron chi connectivity index (χ4n) is 2.90. The average Bonchev–Trinajstić information content (AvgIpc) is 2.95. The third kappa shape index (κ3) is 3.28. The molecule has 1 N–H and O–H groups in total. The van der Waals surface area contributed by atoms with Gasteiger partial charge in [0.15, 0.2) is 0 Å². The van der Waals surface area contributed by atoms with Crippen LogP contribution in [0.3, 0.4) is 0 Å². The van der Waals surface area contributed by atoms with Crippen molar-refractivity contribution in [2.24, 2.45) is 11.8 Å². The number of aryl methyl sites for hydroxylation is 1. The summed E-state index contributed by atoms with van der Waals surface area (Å²) >= 11 is 1.45. The molecule has 21 heavy (non-hydrogen) atoms. The molecule has 1 heterocycles. The summed E-state index contributed by atoms with van der Waals surface area (Å²) < 4.78 is 5.11. The zero-order chi connectivity index (χ0) is 15.6. The Kier molecular flexibility index (Phi) is 5.04. The van der Waals surface area contributed by atoms with Crippen LogP contribution in [-0.2, 0) is 9.53 Å². The van der Waals surface area contributed by atoms with Crippen LogP contribution in [0.1, 0.15) is 53.9 Å². The van der Waals surface area contributed by atoms with E-state index in [0.29, 0.717) is 23.1 Å². The van der Waals surface area contributed by atoms with Gasteiger partial charge in [0.05, 0.1) is 12.2 Å². The van der Waals surface area contributed by atoms with Crippen molar-refractivity contribution in [2.45, 2.75) is 47.0 Å². The van der Waals surface area contributed by atoms with Crippen molar-refractivity contribution in [3.05, 3.63) is 16.0 Å². The highest BCUT2D eigenvalue weighted by atomic mass is 32.1. The predicted octanol–water partition coefficient (Wildman–Crippen LogP) is 3.92. The highest BCUT2D eigenvalue weighted by Gasteiger charge is 2.31. The number of hydrogen-bond donors (Lipinski definition) is 1. The number of thiophene rings is 1. The normalized spacial score (nSPS) is 21.3. The molecule has 5 heteroatoms. The van der Waals surface area contributed by atoms with Gasteiger partial charge in [-0.2, -0.15) is 0 Å². The quantitative estimate of drug-likeness (QED) is 0.858. The smallest absolute Gasteiger partial charge is 0.341 e. The molecule has 116 valence electrons. The van der Waals surface area contributed by atoms with Crippen LogP contribution in [0.2, 0.25) is 0 Å². The first-order chi connectivity index (χ1) is 9.95. The van der Waals surface area contributed by atoms with Crippen molar-refractivity contribution >= 4 is 28.2 Å². The average molecular weight is 309 g/mol. The Morgan fingerprint density at radius 1 is 1.33 bits per heavy atom. The highest BCUT2D eigenvalue weighted by molar-refractivity contribution is 7.16. The van der Waals surface area contributed by atoms with E-state index in [4.69, 9.17) is 4.74 Å². The number of nitrogens with one attached hydrogen (secondary N) is 1. The van der Waals surface area contributed by atoms with Crippen LogP contribution in [0.15, 0.2) is 0 Å². The second-order valence-corrected chi connectivity index (χ2v) is 6.94. The lowest BCUT2D eigenvalue weighted by molar-refractivity contribution is -0.120. The fourth-order valence-corrected chi connectivity index (χ4v) is 3.96. The maximum absolute atomic E-state index is 12.4. The molecule has 1 aromatic heterocycles. The van der Waals surface area contributed by atoms with E-state index in [2.05, 4.69) is 12.2 Å². The first kappa shape index (κ1) is 16.0. The van der Waals surface area contributed by atoms with Crippen LogP contribution in [-0.4, -0.2) is 18.5 Å². The Balaban J connectivity index is 2.21. The molecule has 1 fully saturated rings. The molecule has 0 saturated heterocycles. The Bertz CT molecular complexity index is 550. The fraction of sp³-hybridized carbons (Fsp3) is 0.625. The van der Waals surface area contributed by atoms with Crippen molar-refractivity contribution in [2.75, 3.05) is 11.9 Å². The molecule has 1 amide bonds. The summed E-state index contributed by atoms with van der Waals surface area (Å²) in [5, 5.41) is 3.59. The molecule has 0 bridgehead atoms. The molecule has 2 atom stereocenters. The van der Waals surface area contributed by atoms with E-state index in [1.54, 1.807) is 6.92 Å². The third-order valence-corrected chi connectivity index (χ3v) is 5.42. The first-order valence-electron chi connectivity index (χ1n) is 7.53. The monoisotopic (exact) mass is 309 g/mol. The molecule has 1 aliphatic rings. The van der Waals surface area contributed by atoms with Crippen LogP contribution < -0.4 is 5.32 Å². The number of amides is 1. The first-order valence-corrected chi connectivity index (χ1v) is 8.35. The van der Waals surface area contributed by atoms with Crippen molar-refractivity contribution < 1.29 is 14.3 Å². The van der Waals surface area contributed by atoms with Crippen molar-refractivity contribution in [3.63, 3.8) is 0 Å². The van der Waals surface area contributed by atoms with Gasteiger partial charge < -0.3 is 10.1 Å². The molecule has 1 aliphatic carbocycles. The van der Waals surface area contributed by atoms with Gasteiger partial charge in [0.1, 0.15) is 5.00 Å². The van der Waals surface area contributed by atoms with Crippen LogP contribution >= 0.6 is 11.3 Å². The maximum atomic E-state index is 12.4. The Labute approximate surface area is 129 Å². The minimum atomic E-state index is -0.353. The van der Waals surface area contributed by atoms with E-state index in [-0.39, 0.29) is 17.8 Å². The summed E-state index contributed by atoms with van der Waals surface area (Å²) in [5.74, 6) is 0.155. The summed E-state index contributed by atoms with van der Waals surface area (Å²) in [6.07, 6.45) is 3.14. The van der Waals surface area contributed by atoms with Crippen LogP contribution in [0.4, 0.5) is 5.00 Å². The maximum Gasteiger partial charge on any atom is 0.341 e. The van der Waals surface area contributed by atoms with Gasteiger partial charge in [0.2, 0.25) is 5.91 Å². The number of ether oxygens (including phenoxy) is 1. The summed E-state index contributed by atoms with van der Waals surface area (Å²) in [6.45, 7) is 8.09. The van der Waals surface area contributed by atoms with Gasteiger partial charge in [-0.05, 0) is 45.1 Å². The van der Waals surface area contributed by atoms with E-state index in [9.17, 15) is 9.59 Å². The Morgan fingerprint density at radius 2 is 2.05 bits per heavy atom. The van der Waals surface area contributed by atoms with Gasteiger partial charge >= 0.3 is 5.97 Å². The number of rotatable bonds is 4. The summed E-state index contributed by atoms with van der Waals surface area (Å²) in [7, 11) is 0. The van der Waals surface area contributed by atoms with Gasteiger partial charge in [-0.1, -0.05) is 13.3 Å². The van der Waals surface area contributed by atoms with Crippen LogP contribution in [0, 0.1) is 25.7 Å². The van der Waals surface area contributed by atoms with Gasteiger partial charge in [-0.25, -0.2) is 4.79 Å².